The molecule has 1 aromatic rings. The molecule has 1 aliphatic rings. The zero-order chi connectivity index (χ0) is 13.8. The summed E-state index contributed by atoms with van der Waals surface area (Å²) in [6.45, 7) is 1.40. The normalized spacial score (nSPS) is 19.4. The number of aromatic nitrogens is 2. The molecule has 104 valence electrons. The minimum Gasteiger partial charge on any atom is -0.394 e. The van der Waals surface area contributed by atoms with Crippen LogP contribution in [-0.2, 0) is 11.3 Å². The SMILES string of the molecule is O=C(Cn1ccc(=O)[nH]c1=O)N1CCNCC1CO. The van der Waals surface area contributed by atoms with Gasteiger partial charge in [-0.05, 0) is 0 Å². The molecule has 19 heavy (non-hydrogen) atoms. The Morgan fingerprint density at radius 2 is 2.26 bits per heavy atom. The quantitative estimate of drug-likeness (QED) is 0.554. The molecule has 3 N–H and O–H groups in total. The van der Waals surface area contributed by atoms with Gasteiger partial charge in [0.15, 0.2) is 0 Å². The molecule has 0 aromatic carbocycles. The summed E-state index contributed by atoms with van der Waals surface area (Å²) in [5, 5.41) is 12.3. The second-order valence-corrected chi connectivity index (χ2v) is 4.37. The van der Waals surface area contributed by atoms with Crippen molar-refractivity contribution in [1.82, 2.24) is 19.8 Å². The molecule has 0 saturated carbocycles. The molecular formula is C11H16N4O4. The van der Waals surface area contributed by atoms with E-state index >= 15 is 0 Å². The first kappa shape index (κ1) is 13.5. The van der Waals surface area contributed by atoms with Gasteiger partial charge in [0.2, 0.25) is 5.91 Å². The molecule has 1 unspecified atom stereocenters. The van der Waals surface area contributed by atoms with E-state index in [9.17, 15) is 19.5 Å². The first-order valence-electron chi connectivity index (χ1n) is 6.02. The third kappa shape index (κ3) is 3.09. The second kappa shape index (κ2) is 5.81. The van der Waals surface area contributed by atoms with Crippen molar-refractivity contribution >= 4 is 5.91 Å². The van der Waals surface area contributed by atoms with Crippen molar-refractivity contribution in [3.05, 3.63) is 33.1 Å². The summed E-state index contributed by atoms with van der Waals surface area (Å²) in [4.78, 5) is 38.2. The van der Waals surface area contributed by atoms with Crippen LogP contribution in [0, 0.1) is 0 Å². The summed E-state index contributed by atoms with van der Waals surface area (Å²) in [6, 6.07) is 0.912. The lowest BCUT2D eigenvalue weighted by molar-refractivity contribution is -0.136. The van der Waals surface area contributed by atoms with E-state index in [2.05, 4.69) is 10.3 Å². The molecule has 8 heteroatoms. The topological polar surface area (TPSA) is 107 Å². The van der Waals surface area contributed by atoms with E-state index in [1.807, 2.05) is 0 Å². The van der Waals surface area contributed by atoms with Crippen LogP contribution in [0.5, 0.6) is 0 Å². The van der Waals surface area contributed by atoms with E-state index in [1.165, 1.54) is 12.3 Å². The third-order valence-electron chi connectivity index (χ3n) is 3.08. The maximum atomic E-state index is 12.1. The fraction of sp³-hybridized carbons (Fsp3) is 0.545. The Labute approximate surface area is 108 Å². The maximum absolute atomic E-state index is 12.1. The molecular weight excluding hydrogens is 252 g/mol. The first-order chi connectivity index (χ1) is 9.11. The van der Waals surface area contributed by atoms with E-state index in [1.54, 1.807) is 4.90 Å². The van der Waals surface area contributed by atoms with Crippen molar-refractivity contribution in [3.8, 4) is 0 Å². The van der Waals surface area contributed by atoms with Crippen LogP contribution in [-0.4, -0.2) is 57.7 Å². The summed E-state index contributed by atoms with van der Waals surface area (Å²) in [5.74, 6) is -0.255. The number of hydrogen-bond donors (Lipinski definition) is 3. The van der Waals surface area contributed by atoms with Crippen LogP contribution in [0.2, 0.25) is 0 Å². The van der Waals surface area contributed by atoms with Crippen molar-refractivity contribution < 1.29 is 9.90 Å². The van der Waals surface area contributed by atoms with Gasteiger partial charge in [-0.3, -0.25) is 19.1 Å². The van der Waals surface area contributed by atoms with E-state index in [0.717, 1.165) is 4.57 Å². The minimum atomic E-state index is -0.614. The number of piperazine rings is 1. The number of aliphatic hydroxyl groups is 1. The number of H-pyrrole nitrogens is 1. The van der Waals surface area contributed by atoms with Gasteiger partial charge < -0.3 is 15.3 Å². The summed E-state index contributed by atoms with van der Waals surface area (Å²) < 4.78 is 1.14. The molecule has 0 bridgehead atoms. The predicted octanol–water partition coefficient (Wildman–Crippen LogP) is -2.67. The third-order valence-corrected chi connectivity index (χ3v) is 3.08. The van der Waals surface area contributed by atoms with Crippen molar-refractivity contribution in [2.24, 2.45) is 0 Å². The summed E-state index contributed by atoms with van der Waals surface area (Å²) in [6.07, 6.45) is 1.29. The van der Waals surface area contributed by atoms with Crippen molar-refractivity contribution in [2.45, 2.75) is 12.6 Å². The Balaban J connectivity index is 2.11. The van der Waals surface area contributed by atoms with E-state index in [0.29, 0.717) is 19.6 Å². The average molecular weight is 268 g/mol. The van der Waals surface area contributed by atoms with Gasteiger partial charge in [0.25, 0.3) is 5.56 Å². The zero-order valence-electron chi connectivity index (χ0n) is 10.3. The Morgan fingerprint density at radius 1 is 1.47 bits per heavy atom. The second-order valence-electron chi connectivity index (χ2n) is 4.37. The van der Waals surface area contributed by atoms with Crippen LogP contribution >= 0.6 is 0 Å². The van der Waals surface area contributed by atoms with Gasteiger partial charge in [0.05, 0.1) is 12.6 Å². The van der Waals surface area contributed by atoms with Gasteiger partial charge in [-0.1, -0.05) is 0 Å². The number of rotatable bonds is 3. The van der Waals surface area contributed by atoms with Crippen LogP contribution in [0.1, 0.15) is 0 Å². The highest BCUT2D eigenvalue weighted by Gasteiger charge is 2.25. The standard InChI is InChI=1S/C11H16N4O4/c16-7-8-5-12-2-4-15(8)10(18)6-14-3-1-9(17)13-11(14)19/h1,3,8,12,16H,2,4-7H2,(H,13,17,19). The van der Waals surface area contributed by atoms with E-state index in [4.69, 9.17) is 0 Å². The molecule has 1 saturated heterocycles. The lowest BCUT2D eigenvalue weighted by Crippen LogP contribution is -2.56. The zero-order valence-corrected chi connectivity index (χ0v) is 10.3. The number of nitrogens with one attached hydrogen (secondary N) is 2. The fourth-order valence-electron chi connectivity index (χ4n) is 2.06. The van der Waals surface area contributed by atoms with E-state index in [-0.39, 0.29) is 25.1 Å². The number of hydrogen-bond acceptors (Lipinski definition) is 5. The van der Waals surface area contributed by atoms with Gasteiger partial charge in [0.1, 0.15) is 6.54 Å². The molecule has 0 radical (unpaired) electrons. The highest BCUT2D eigenvalue weighted by Crippen LogP contribution is 2.03. The number of nitrogens with zero attached hydrogens (tertiary/aromatic N) is 2. The van der Waals surface area contributed by atoms with Crippen LogP contribution < -0.4 is 16.6 Å². The number of amides is 1. The number of aliphatic hydroxyl groups excluding tert-OH is 1. The highest BCUT2D eigenvalue weighted by atomic mass is 16.3. The molecule has 1 atom stereocenters. The Bertz CT molecular complexity index is 564. The molecule has 0 aliphatic carbocycles. The molecule has 1 amide bonds. The van der Waals surface area contributed by atoms with Crippen molar-refractivity contribution in [3.63, 3.8) is 0 Å². The molecule has 1 fully saturated rings. The number of carbonyl (C=O) groups excluding carboxylic acids is 1. The van der Waals surface area contributed by atoms with Crippen molar-refractivity contribution in [2.75, 3.05) is 26.2 Å². The maximum Gasteiger partial charge on any atom is 0.328 e. The van der Waals surface area contributed by atoms with E-state index < -0.39 is 11.2 Å². The largest absolute Gasteiger partial charge is 0.394 e. The number of aromatic amines is 1. The number of carbonyl (C=O) groups is 1. The summed E-state index contributed by atoms with van der Waals surface area (Å²) in [5.41, 5.74) is -1.11. The Hall–Kier alpha value is -1.93. The molecule has 0 spiro atoms. The van der Waals surface area contributed by atoms with Gasteiger partial charge in [-0.2, -0.15) is 0 Å². The van der Waals surface area contributed by atoms with Gasteiger partial charge in [-0.25, -0.2) is 4.79 Å². The molecule has 8 nitrogen and oxygen atoms in total. The van der Waals surface area contributed by atoms with Crippen molar-refractivity contribution in [1.29, 1.82) is 0 Å². The molecule has 2 rings (SSSR count). The minimum absolute atomic E-state index is 0.126. The highest BCUT2D eigenvalue weighted by molar-refractivity contribution is 5.76. The first-order valence-corrected chi connectivity index (χ1v) is 6.02. The van der Waals surface area contributed by atoms with Crippen LogP contribution in [0.25, 0.3) is 0 Å². The lowest BCUT2D eigenvalue weighted by atomic mass is 10.2. The van der Waals surface area contributed by atoms with Crippen LogP contribution in [0.4, 0.5) is 0 Å². The van der Waals surface area contributed by atoms with Crippen LogP contribution in [0.15, 0.2) is 21.9 Å². The summed E-state index contributed by atoms with van der Waals surface area (Å²) >= 11 is 0. The molecule has 1 aliphatic heterocycles. The monoisotopic (exact) mass is 268 g/mol. The average Bonchev–Trinajstić information content (AvgIpc) is 2.41. The van der Waals surface area contributed by atoms with Gasteiger partial charge >= 0.3 is 5.69 Å². The Morgan fingerprint density at radius 3 is 2.95 bits per heavy atom. The predicted molar refractivity (Wildman–Crippen MR) is 66.8 cm³/mol. The smallest absolute Gasteiger partial charge is 0.328 e. The molecule has 2 heterocycles. The van der Waals surface area contributed by atoms with Gasteiger partial charge in [-0.15, -0.1) is 0 Å². The fourth-order valence-corrected chi connectivity index (χ4v) is 2.06. The van der Waals surface area contributed by atoms with Crippen LogP contribution in [0.3, 0.4) is 0 Å². The Kier molecular flexibility index (Phi) is 4.13. The summed E-state index contributed by atoms with van der Waals surface area (Å²) in [7, 11) is 0. The van der Waals surface area contributed by atoms with Gasteiger partial charge in [0, 0.05) is 31.9 Å². The molecule has 1 aromatic heterocycles. The lowest BCUT2D eigenvalue weighted by Gasteiger charge is -2.35.